The molecule has 0 aliphatic carbocycles. The van der Waals surface area contributed by atoms with E-state index in [-0.39, 0.29) is 12.4 Å². The summed E-state index contributed by atoms with van der Waals surface area (Å²) in [6.45, 7) is 2.06. The molecule has 3 heteroatoms. The van der Waals surface area contributed by atoms with Crippen molar-refractivity contribution in [2.75, 3.05) is 27.2 Å². The van der Waals surface area contributed by atoms with Crippen molar-refractivity contribution in [2.45, 2.75) is 25.7 Å². The molecule has 70 valence electrons. The van der Waals surface area contributed by atoms with Gasteiger partial charge in [0.1, 0.15) is 0 Å². The van der Waals surface area contributed by atoms with Gasteiger partial charge in [-0.25, -0.2) is 0 Å². The van der Waals surface area contributed by atoms with Crippen LogP contribution in [0.5, 0.6) is 0 Å². The molecule has 11 heavy (non-hydrogen) atoms. The van der Waals surface area contributed by atoms with Crippen molar-refractivity contribution in [1.29, 1.82) is 0 Å². The van der Waals surface area contributed by atoms with E-state index >= 15 is 0 Å². The first-order chi connectivity index (χ1) is 4.77. The number of unbranched alkanes of at least 4 members (excludes halogenated alkanes) is 3. The van der Waals surface area contributed by atoms with Crippen LogP contribution < -0.4 is 5.73 Å². The van der Waals surface area contributed by atoms with Gasteiger partial charge < -0.3 is 10.6 Å². The maximum Gasteiger partial charge on any atom is -0.00248 e. The molecule has 0 aliphatic heterocycles. The average Bonchev–Trinajstić information content (AvgIpc) is 1.87. The third-order valence-corrected chi connectivity index (χ3v) is 1.56. The normalized spacial score (nSPS) is 9.82. The van der Waals surface area contributed by atoms with Crippen LogP contribution in [0.2, 0.25) is 0 Å². The lowest BCUT2D eigenvalue weighted by atomic mass is 10.2. The largest absolute Gasteiger partial charge is 0.330 e. The first-order valence-corrected chi connectivity index (χ1v) is 4.12. The van der Waals surface area contributed by atoms with E-state index in [9.17, 15) is 0 Å². The summed E-state index contributed by atoms with van der Waals surface area (Å²) in [6.07, 6.45) is 5.13. The second-order valence-electron chi connectivity index (χ2n) is 3.01. The zero-order valence-electron chi connectivity index (χ0n) is 7.68. The number of rotatable bonds is 6. The van der Waals surface area contributed by atoms with Crippen LogP contribution in [0.3, 0.4) is 0 Å². The summed E-state index contributed by atoms with van der Waals surface area (Å²) < 4.78 is 0. The standard InChI is InChI=1S/C8H20N2.ClH/c1-10(2)8-6-4-3-5-7-9;/h3-9H2,1-2H3;1H. The maximum absolute atomic E-state index is 5.36. The van der Waals surface area contributed by atoms with E-state index in [4.69, 9.17) is 5.73 Å². The molecule has 0 rings (SSSR count). The summed E-state index contributed by atoms with van der Waals surface area (Å²) in [5, 5.41) is 0. The summed E-state index contributed by atoms with van der Waals surface area (Å²) >= 11 is 0. The fourth-order valence-electron chi connectivity index (χ4n) is 0.926. The van der Waals surface area contributed by atoms with Crippen molar-refractivity contribution in [3.8, 4) is 0 Å². The van der Waals surface area contributed by atoms with Gasteiger partial charge >= 0.3 is 0 Å². The van der Waals surface area contributed by atoms with Crippen molar-refractivity contribution in [1.82, 2.24) is 4.90 Å². The van der Waals surface area contributed by atoms with Crippen LogP contribution in [0.25, 0.3) is 0 Å². The van der Waals surface area contributed by atoms with Gasteiger partial charge in [0.25, 0.3) is 0 Å². The minimum atomic E-state index is 0. The monoisotopic (exact) mass is 180 g/mol. The SMILES string of the molecule is CN(C)CCCCCCN.Cl. The fraction of sp³-hybridized carbons (Fsp3) is 1.00. The zero-order chi connectivity index (χ0) is 7.82. The molecule has 0 radical (unpaired) electrons. The number of halogens is 1. The van der Waals surface area contributed by atoms with Crippen LogP contribution in [0.1, 0.15) is 25.7 Å². The Labute approximate surface area is 76.5 Å². The molecule has 0 saturated carbocycles. The number of nitrogens with zero attached hydrogens (tertiary/aromatic N) is 1. The summed E-state index contributed by atoms with van der Waals surface area (Å²) in [4.78, 5) is 2.22. The van der Waals surface area contributed by atoms with Gasteiger partial charge in [-0.1, -0.05) is 12.8 Å². The van der Waals surface area contributed by atoms with Gasteiger partial charge in [0.05, 0.1) is 0 Å². The highest BCUT2D eigenvalue weighted by Crippen LogP contribution is 1.98. The van der Waals surface area contributed by atoms with Crippen molar-refractivity contribution in [3.63, 3.8) is 0 Å². The van der Waals surface area contributed by atoms with E-state index in [1.807, 2.05) is 0 Å². The Bertz CT molecular complexity index is 67.1. The van der Waals surface area contributed by atoms with Crippen LogP contribution in [-0.2, 0) is 0 Å². The molecule has 0 aromatic carbocycles. The highest BCUT2D eigenvalue weighted by atomic mass is 35.5. The Morgan fingerprint density at radius 1 is 1.00 bits per heavy atom. The van der Waals surface area contributed by atoms with Crippen LogP contribution in [0.15, 0.2) is 0 Å². The summed E-state index contributed by atoms with van der Waals surface area (Å²) in [7, 11) is 4.23. The number of hydrogen-bond donors (Lipinski definition) is 1. The van der Waals surface area contributed by atoms with Crippen molar-refractivity contribution in [3.05, 3.63) is 0 Å². The average molecular weight is 181 g/mol. The van der Waals surface area contributed by atoms with Gasteiger partial charge in [0.2, 0.25) is 0 Å². The van der Waals surface area contributed by atoms with Crippen LogP contribution in [-0.4, -0.2) is 32.1 Å². The molecule has 0 heterocycles. The first-order valence-electron chi connectivity index (χ1n) is 4.12. The molecule has 0 unspecified atom stereocenters. The van der Waals surface area contributed by atoms with E-state index in [1.54, 1.807) is 0 Å². The van der Waals surface area contributed by atoms with E-state index in [1.165, 1.54) is 32.2 Å². The second-order valence-corrected chi connectivity index (χ2v) is 3.01. The van der Waals surface area contributed by atoms with Crippen LogP contribution in [0.4, 0.5) is 0 Å². The minimum absolute atomic E-state index is 0. The number of hydrogen-bond acceptors (Lipinski definition) is 2. The van der Waals surface area contributed by atoms with E-state index in [2.05, 4.69) is 19.0 Å². The minimum Gasteiger partial charge on any atom is -0.330 e. The Balaban J connectivity index is 0. The van der Waals surface area contributed by atoms with Crippen molar-refractivity contribution < 1.29 is 0 Å². The third-order valence-electron chi connectivity index (χ3n) is 1.56. The van der Waals surface area contributed by atoms with Crippen molar-refractivity contribution >= 4 is 12.4 Å². The van der Waals surface area contributed by atoms with Gasteiger partial charge in [0.15, 0.2) is 0 Å². The molecule has 0 amide bonds. The third kappa shape index (κ3) is 13.2. The molecule has 0 spiro atoms. The fourth-order valence-corrected chi connectivity index (χ4v) is 0.926. The Morgan fingerprint density at radius 2 is 1.55 bits per heavy atom. The quantitative estimate of drug-likeness (QED) is 0.628. The molecule has 0 fully saturated rings. The Morgan fingerprint density at radius 3 is 2.00 bits per heavy atom. The molecule has 0 bridgehead atoms. The second kappa shape index (κ2) is 10.2. The molecular weight excluding hydrogens is 160 g/mol. The van der Waals surface area contributed by atoms with E-state index < -0.39 is 0 Å². The predicted molar refractivity (Wildman–Crippen MR) is 53.3 cm³/mol. The van der Waals surface area contributed by atoms with Crippen LogP contribution >= 0.6 is 12.4 Å². The van der Waals surface area contributed by atoms with E-state index in [0.29, 0.717) is 0 Å². The first kappa shape index (κ1) is 13.8. The lowest BCUT2D eigenvalue weighted by molar-refractivity contribution is 0.390. The highest BCUT2D eigenvalue weighted by molar-refractivity contribution is 5.85. The summed E-state index contributed by atoms with van der Waals surface area (Å²) in [6, 6.07) is 0. The zero-order valence-corrected chi connectivity index (χ0v) is 8.49. The molecular formula is C8H21ClN2. The Kier molecular flexibility index (Phi) is 12.8. The van der Waals surface area contributed by atoms with Gasteiger partial charge in [-0.15, -0.1) is 12.4 Å². The highest BCUT2D eigenvalue weighted by Gasteiger charge is 1.89. The van der Waals surface area contributed by atoms with E-state index in [0.717, 1.165) is 6.54 Å². The lowest BCUT2D eigenvalue weighted by Crippen LogP contribution is -2.12. The molecule has 0 saturated heterocycles. The molecule has 2 nitrogen and oxygen atoms in total. The van der Waals surface area contributed by atoms with Crippen molar-refractivity contribution in [2.24, 2.45) is 5.73 Å². The topological polar surface area (TPSA) is 29.3 Å². The molecule has 0 atom stereocenters. The predicted octanol–water partition coefficient (Wildman–Crippen LogP) is 1.49. The van der Waals surface area contributed by atoms with Gasteiger partial charge in [-0.05, 0) is 40.0 Å². The smallest absolute Gasteiger partial charge is 0.00248 e. The number of nitrogens with two attached hydrogens (primary N) is 1. The lowest BCUT2D eigenvalue weighted by Gasteiger charge is -2.07. The molecule has 0 aliphatic rings. The Hall–Kier alpha value is 0.210. The van der Waals surface area contributed by atoms with Gasteiger partial charge in [0, 0.05) is 0 Å². The summed E-state index contributed by atoms with van der Waals surface area (Å²) in [5.74, 6) is 0. The van der Waals surface area contributed by atoms with Gasteiger partial charge in [-0.3, -0.25) is 0 Å². The molecule has 0 aromatic heterocycles. The molecule has 2 N–H and O–H groups in total. The summed E-state index contributed by atoms with van der Waals surface area (Å²) in [5.41, 5.74) is 5.36. The molecule has 0 aromatic rings. The van der Waals surface area contributed by atoms with Gasteiger partial charge in [-0.2, -0.15) is 0 Å². The maximum atomic E-state index is 5.36. The van der Waals surface area contributed by atoms with Crippen LogP contribution in [0, 0.1) is 0 Å².